The van der Waals surface area contributed by atoms with Crippen molar-refractivity contribution in [1.82, 2.24) is 0 Å². The Balaban J connectivity index is 2.36. The molecule has 0 bridgehead atoms. The molecule has 2 rings (SSSR count). The predicted octanol–water partition coefficient (Wildman–Crippen LogP) is 2.37. The van der Waals surface area contributed by atoms with Crippen LogP contribution >= 0.6 is 0 Å². The molecular formula is C14H12N2O3S. The van der Waals surface area contributed by atoms with E-state index in [-0.39, 0.29) is 10.6 Å². The van der Waals surface area contributed by atoms with Gasteiger partial charge in [0.2, 0.25) is 0 Å². The Labute approximate surface area is 117 Å². The van der Waals surface area contributed by atoms with E-state index < -0.39 is 10.0 Å². The summed E-state index contributed by atoms with van der Waals surface area (Å²) in [5.41, 5.74) is 1.15. The second kappa shape index (κ2) is 5.23. The van der Waals surface area contributed by atoms with Crippen LogP contribution in [0.4, 0.5) is 5.69 Å². The molecule has 0 spiro atoms. The molecule has 0 fully saturated rings. The molecule has 0 unspecified atom stereocenters. The lowest BCUT2D eigenvalue weighted by atomic mass is 10.2. The Bertz CT molecular complexity index is 775. The maximum atomic E-state index is 12.2. The number of rotatable bonds is 3. The summed E-state index contributed by atoms with van der Waals surface area (Å²) in [6.07, 6.45) is 0. The van der Waals surface area contributed by atoms with Gasteiger partial charge in [-0.3, -0.25) is 4.72 Å². The number of benzene rings is 2. The van der Waals surface area contributed by atoms with Crippen LogP contribution in [0.25, 0.3) is 0 Å². The number of nitriles is 1. The van der Waals surface area contributed by atoms with Gasteiger partial charge in [0.15, 0.2) is 0 Å². The molecular weight excluding hydrogens is 276 g/mol. The van der Waals surface area contributed by atoms with Crippen molar-refractivity contribution in [3.63, 3.8) is 0 Å². The maximum Gasteiger partial charge on any atom is 0.261 e. The minimum absolute atomic E-state index is 0.0185. The largest absolute Gasteiger partial charge is 0.508 e. The first-order chi connectivity index (χ1) is 9.44. The molecule has 0 amide bonds. The SMILES string of the molecule is Cc1c(O)cccc1NS(=O)(=O)c1ccc(C#N)cc1. The lowest BCUT2D eigenvalue weighted by molar-refractivity contribution is 0.471. The highest BCUT2D eigenvalue weighted by Crippen LogP contribution is 2.26. The molecule has 0 saturated carbocycles. The van der Waals surface area contributed by atoms with E-state index in [0.29, 0.717) is 16.8 Å². The van der Waals surface area contributed by atoms with Crippen LogP contribution in [0.2, 0.25) is 0 Å². The summed E-state index contributed by atoms with van der Waals surface area (Å²) < 4.78 is 26.8. The molecule has 2 aromatic carbocycles. The second-order valence-corrected chi connectivity index (χ2v) is 5.87. The van der Waals surface area contributed by atoms with Gasteiger partial charge in [-0.2, -0.15) is 5.26 Å². The number of anilines is 1. The summed E-state index contributed by atoms with van der Waals surface area (Å²) >= 11 is 0. The summed E-state index contributed by atoms with van der Waals surface area (Å²) in [6.45, 7) is 1.62. The van der Waals surface area contributed by atoms with Crippen molar-refractivity contribution < 1.29 is 13.5 Å². The number of hydrogen-bond acceptors (Lipinski definition) is 4. The van der Waals surface area contributed by atoms with Gasteiger partial charge < -0.3 is 5.11 Å². The zero-order valence-electron chi connectivity index (χ0n) is 10.7. The Kier molecular flexibility index (Phi) is 3.63. The molecule has 2 aromatic rings. The number of aromatic hydroxyl groups is 1. The van der Waals surface area contributed by atoms with Crippen LogP contribution in [0, 0.1) is 18.3 Å². The van der Waals surface area contributed by atoms with E-state index in [1.807, 2.05) is 6.07 Å². The molecule has 0 atom stereocenters. The highest BCUT2D eigenvalue weighted by Gasteiger charge is 2.15. The third-order valence-corrected chi connectivity index (χ3v) is 4.22. The first-order valence-corrected chi connectivity index (χ1v) is 7.24. The average molecular weight is 288 g/mol. The van der Waals surface area contributed by atoms with Gasteiger partial charge in [-0.1, -0.05) is 6.07 Å². The number of sulfonamides is 1. The van der Waals surface area contributed by atoms with Gasteiger partial charge in [0, 0.05) is 5.56 Å². The lowest BCUT2D eigenvalue weighted by Gasteiger charge is -2.11. The van der Waals surface area contributed by atoms with Crippen molar-refractivity contribution in [2.75, 3.05) is 4.72 Å². The summed E-state index contributed by atoms with van der Waals surface area (Å²) in [7, 11) is -3.75. The molecule has 20 heavy (non-hydrogen) atoms. The third-order valence-electron chi connectivity index (χ3n) is 2.84. The van der Waals surface area contributed by atoms with Crippen molar-refractivity contribution in [1.29, 1.82) is 5.26 Å². The summed E-state index contributed by atoms with van der Waals surface area (Å²) in [6, 6.07) is 12.1. The van der Waals surface area contributed by atoms with Crippen LogP contribution in [0.15, 0.2) is 47.4 Å². The number of nitrogens with one attached hydrogen (secondary N) is 1. The number of phenols is 1. The van der Waals surface area contributed by atoms with Crippen molar-refractivity contribution in [3.05, 3.63) is 53.6 Å². The third kappa shape index (κ3) is 2.73. The van der Waals surface area contributed by atoms with Crippen LogP contribution in [0.5, 0.6) is 5.75 Å². The van der Waals surface area contributed by atoms with Crippen molar-refractivity contribution in [2.45, 2.75) is 11.8 Å². The van der Waals surface area contributed by atoms with Crippen molar-refractivity contribution >= 4 is 15.7 Å². The Morgan fingerprint density at radius 3 is 2.40 bits per heavy atom. The molecule has 0 aliphatic carbocycles. The van der Waals surface area contributed by atoms with Crippen LogP contribution in [0.3, 0.4) is 0 Å². The fourth-order valence-corrected chi connectivity index (χ4v) is 2.77. The lowest BCUT2D eigenvalue weighted by Crippen LogP contribution is -2.13. The van der Waals surface area contributed by atoms with Gasteiger partial charge in [0.1, 0.15) is 5.75 Å². The van der Waals surface area contributed by atoms with Gasteiger partial charge in [-0.05, 0) is 43.3 Å². The highest BCUT2D eigenvalue weighted by molar-refractivity contribution is 7.92. The van der Waals surface area contributed by atoms with Gasteiger partial charge in [-0.15, -0.1) is 0 Å². The molecule has 0 aromatic heterocycles. The van der Waals surface area contributed by atoms with Gasteiger partial charge in [0.25, 0.3) is 10.0 Å². The van der Waals surface area contributed by atoms with E-state index in [1.165, 1.54) is 30.3 Å². The molecule has 5 nitrogen and oxygen atoms in total. The topological polar surface area (TPSA) is 90.2 Å². The molecule has 0 aliphatic rings. The Hall–Kier alpha value is -2.52. The van der Waals surface area contributed by atoms with Gasteiger partial charge in [-0.25, -0.2) is 8.42 Å². The first-order valence-electron chi connectivity index (χ1n) is 5.75. The van der Waals surface area contributed by atoms with Crippen molar-refractivity contribution in [3.8, 4) is 11.8 Å². The van der Waals surface area contributed by atoms with E-state index in [1.54, 1.807) is 19.1 Å². The van der Waals surface area contributed by atoms with Gasteiger partial charge in [0.05, 0.1) is 22.2 Å². The fourth-order valence-electron chi connectivity index (χ4n) is 1.65. The Morgan fingerprint density at radius 1 is 1.15 bits per heavy atom. The van der Waals surface area contributed by atoms with E-state index >= 15 is 0 Å². The minimum Gasteiger partial charge on any atom is -0.508 e. The Morgan fingerprint density at radius 2 is 1.80 bits per heavy atom. The highest BCUT2D eigenvalue weighted by atomic mass is 32.2. The van der Waals surface area contributed by atoms with E-state index in [0.717, 1.165) is 0 Å². The maximum absolute atomic E-state index is 12.2. The first kappa shape index (κ1) is 13.9. The zero-order valence-corrected chi connectivity index (χ0v) is 11.5. The molecule has 2 N–H and O–H groups in total. The number of hydrogen-bond donors (Lipinski definition) is 2. The summed E-state index contributed by atoms with van der Waals surface area (Å²) in [5, 5.41) is 18.3. The fraction of sp³-hybridized carbons (Fsp3) is 0.0714. The minimum atomic E-state index is -3.75. The smallest absolute Gasteiger partial charge is 0.261 e. The quantitative estimate of drug-likeness (QED) is 0.907. The number of phenolic OH excluding ortho intramolecular Hbond substituents is 1. The molecule has 0 saturated heterocycles. The van der Waals surface area contributed by atoms with E-state index in [2.05, 4.69) is 4.72 Å². The zero-order chi connectivity index (χ0) is 14.8. The monoisotopic (exact) mass is 288 g/mol. The molecule has 0 aliphatic heterocycles. The molecule has 0 radical (unpaired) electrons. The predicted molar refractivity (Wildman–Crippen MR) is 74.8 cm³/mol. The molecule has 102 valence electrons. The molecule has 6 heteroatoms. The second-order valence-electron chi connectivity index (χ2n) is 4.19. The summed E-state index contributed by atoms with van der Waals surface area (Å²) in [5.74, 6) is 0.0185. The van der Waals surface area contributed by atoms with Crippen LogP contribution in [-0.4, -0.2) is 13.5 Å². The van der Waals surface area contributed by atoms with E-state index in [9.17, 15) is 13.5 Å². The van der Waals surface area contributed by atoms with Crippen LogP contribution < -0.4 is 4.72 Å². The average Bonchev–Trinajstić information content (AvgIpc) is 2.44. The standard InChI is InChI=1S/C14H12N2O3S/c1-10-13(3-2-4-14(10)17)16-20(18,19)12-7-5-11(9-15)6-8-12/h2-8,16-17H,1H3. The van der Waals surface area contributed by atoms with Crippen molar-refractivity contribution in [2.24, 2.45) is 0 Å². The normalized spacial score (nSPS) is 10.8. The van der Waals surface area contributed by atoms with Gasteiger partial charge >= 0.3 is 0 Å². The van der Waals surface area contributed by atoms with Crippen LogP contribution in [-0.2, 0) is 10.0 Å². The summed E-state index contributed by atoms with van der Waals surface area (Å²) in [4.78, 5) is 0.0549. The molecule has 0 heterocycles. The van der Waals surface area contributed by atoms with Crippen LogP contribution in [0.1, 0.15) is 11.1 Å². The van der Waals surface area contributed by atoms with E-state index in [4.69, 9.17) is 5.26 Å². The number of nitrogens with zero attached hydrogens (tertiary/aromatic N) is 1.